The molecule has 0 unspecified atom stereocenters. The third-order valence-electron chi connectivity index (χ3n) is 5.67. The number of carbonyl (C=O) groups excluding carboxylic acids is 2. The van der Waals surface area contributed by atoms with E-state index in [0.717, 1.165) is 19.2 Å². The van der Waals surface area contributed by atoms with Crippen LogP contribution in [-0.4, -0.2) is 58.3 Å². The Morgan fingerprint density at radius 1 is 1.02 bits per heavy atom. The second kappa shape index (κ2) is 12.8. The lowest BCUT2D eigenvalue weighted by Gasteiger charge is -2.18. The molecule has 3 rings (SSSR count). The van der Waals surface area contributed by atoms with E-state index in [2.05, 4.69) is 9.72 Å². The number of nitro benzene ring substituents is 2. The van der Waals surface area contributed by atoms with Crippen LogP contribution in [0.25, 0.3) is 0 Å². The van der Waals surface area contributed by atoms with Crippen molar-refractivity contribution in [3.05, 3.63) is 85.7 Å². The molecule has 222 valence electrons. The van der Waals surface area contributed by atoms with Crippen molar-refractivity contribution in [2.45, 2.75) is 25.1 Å². The first kappa shape index (κ1) is 31.1. The number of hydrogen-bond donors (Lipinski definition) is 2. The van der Waals surface area contributed by atoms with Crippen molar-refractivity contribution in [1.29, 1.82) is 0 Å². The first-order valence-corrected chi connectivity index (χ1v) is 11.6. The quantitative estimate of drug-likeness (QED) is 0.186. The van der Waals surface area contributed by atoms with Gasteiger partial charge in [0.15, 0.2) is 0 Å². The number of phenolic OH excluding ortho intramolecular Hbond substituents is 1. The molecule has 1 heterocycles. The van der Waals surface area contributed by atoms with E-state index in [-0.39, 0.29) is 29.0 Å². The molecule has 1 atom stereocenters. The molecule has 0 fully saturated rings. The number of phenols is 1. The zero-order valence-electron chi connectivity index (χ0n) is 21.7. The first-order valence-electron chi connectivity index (χ1n) is 11.6. The van der Waals surface area contributed by atoms with Crippen LogP contribution < -0.4 is 14.8 Å². The first-order chi connectivity index (χ1) is 19.7. The van der Waals surface area contributed by atoms with Crippen LogP contribution in [0.15, 0.2) is 48.7 Å². The number of alkyl halides is 3. The zero-order chi connectivity index (χ0) is 31.2. The van der Waals surface area contributed by atoms with Gasteiger partial charge >= 0.3 is 29.4 Å². The smallest absolute Gasteiger partial charge is 0.471 e. The van der Waals surface area contributed by atoms with E-state index < -0.39 is 57.5 Å². The summed E-state index contributed by atoms with van der Waals surface area (Å²) in [6.45, 7) is 0. The van der Waals surface area contributed by atoms with Crippen molar-refractivity contribution in [3.8, 4) is 23.0 Å². The third-order valence-corrected chi connectivity index (χ3v) is 5.67. The van der Waals surface area contributed by atoms with Crippen LogP contribution in [0.1, 0.15) is 16.8 Å². The number of ether oxygens (including phenoxy) is 3. The number of halogens is 3. The van der Waals surface area contributed by atoms with E-state index in [1.807, 2.05) is 0 Å². The van der Waals surface area contributed by atoms with Crippen LogP contribution in [0.3, 0.4) is 0 Å². The summed E-state index contributed by atoms with van der Waals surface area (Å²) in [6, 6.07) is 6.45. The van der Waals surface area contributed by atoms with Gasteiger partial charge in [-0.2, -0.15) is 13.2 Å². The van der Waals surface area contributed by atoms with E-state index in [1.54, 1.807) is 12.1 Å². The van der Waals surface area contributed by atoms with Gasteiger partial charge in [0.25, 0.3) is 5.75 Å². The number of methoxy groups -OCH3 is 2. The molecule has 17 heteroatoms. The van der Waals surface area contributed by atoms with Gasteiger partial charge in [-0.25, -0.2) is 4.79 Å². The molecule has 0 radical (unpaired) electrons. The molecule has 2 aromatic carbocycles. The average Bonchev–Trinajstić information content (AvgIpc) is 2.94. The van der Waals surface area contributed by atoms with Gasteiger partial charge in [0.05, 0.1) is 30.3 Å². The van der Waals surface area contributed by atoms with Crippen LogP contribution in [0, 0.1) is 20.2 Å². The number of rotatable bonds is 11. The maximum absolute atomic E-state index is 12.7. The van der Waals surface area contributed by atoms with Crippen LogP contribution in [-0.2, 0) is 27.2 Å². The van der Waals surface area contributed by atoms with Gasteiger partial charge < -0.3 is 24.6 Å². The fraction of sp³-hybridized carbons (Fsp3) is 0.240. The van der Waals surface area contributed by atoms with Gasteiger partial charge in [-0.3, -0.25) is 30.0 Å². The summed E-state index contributed by atoms with van der Waals surface area (Å²) in [5, 5.41) is 35.4. The Morgan fingerprint density at radius 2 is 1.64 bits per heavy atom. The number of hydrogen-bond acceptors (Lipinski definition) is 11. The molecule has 1 aromatic heterocycles. The molecule has 0 aliphatic heterocycles. The van der Waals surface area contributed by atoms with E-state index in [4.69, 9.17) is 9.47 Å². The van der Waals surface area contributed by atoms with Crippen LogP contribution in [0.5, 0.6) is 23.0 Å². The number of nitrogens with zero attached hydrogens (tertiary/aromatic N) is 3. The highest BCUT2D eigenvalue weighted by atomic mass is 19.4. The van der Waals surface area contributed by atoms with E-state index in [0.29, 0.717) is 11.4 Å². The number of nitrogens with one attached hydrogen (secondary N) is 1. The molecule has 0 aliphatic rings. The molecular weight excluding hydrogens is 573 g/mol. The van der Waals surface area contributed by atoms with E-state index in [9.17, 15) is 48.1 Å². The molecule has 0 saturated heterocycles. The molecular formula is C25H21F3N4O10. The van der Waals surface area contributed by atoms with Gasteiger partial charge in [0.2, 0.25) is 0 Å². The van der Waals surface area contributed by atoms with Crippen molar-refractivity contribution >= 4 is 23.3 Å². The van der Waals surface area contributed by atoms with Gasteiger partial charge in [0, 0.05) is 36.2 Å². The van der Waals surface area contributed by atoms with Crippen molar-refractivity contribution < 1.29 is 51.9 Å². The average molecular weight is 594 g/mol. The highest BCUT2D eigenvalue weighted by Gasteiger charge is 2.41. The molecule has 3 aromatic rings. The predicted molar refractivity (Wildman–Crippen MR) is 135 cm³/mol. The lowest BCUT2D eigenvalue weighted by molar-refractivity contribution is -0.395. The van der Waals surface area contributed by atoms with Crippen LogP contribution in [0.4, 0.5) is 24.5 Å². The lowest BCUT2D eigenvalue weighted by atomic mass is 10.0. The summed E-state index contributed by atoms with van der Waals surface area (Å²) in [6.07, 6.45) is -4.67. The van der Waals surface area contributed by atoms with Crippen molar-refractivity contribution in [2.24, 2.45) is 0 Å². The summed E-state index contributed by atoms with van der Waals surface area (Å²) in [7, 11) is 2.28. The Labute approximate surface area is 233 Å². The third kappa shape index (κ3) is 7.58. The van der Waals surface area contributed by atoms with Crippen molar-refractivity contribution in [1.82, 2.24) is 10.3 Å². The number of carbonyl (C=O) groups is 2. The topological polar surface area (TPSA) is 193 Å². The Kier molecular flexibility index (Phi) is 9.46. The summed E-state index contributed by atoms with van der Waals surface area (Å²) in [5.74, 6) is -4.49. The Morgan fingerprint density at radius 3 is 2.14 bits per heavy atom. The second-order valence-electron chi connectivity index (χ2n) is 8.49. The van der Waals surface area contributed by atoms with E-state index in [1.165, 1.54) is 36.8 Å². The number of aromatic nitrogens is 1. The number of benzene rings is 2. The highest BCUT2D eigenvalue weighted by molar-refractivity contribution is 5.87. The number of esters is 1. The molecule has 14 nitrogen and oxygen atoms in total. The molecule has 0 aliphatic carbocycles. The minimum Gasteiger partial charge on any atom is -0.508 e. The SMILES string of the molecule is COC(=O)[C@H](Cc1cc([N+](=O)[O-])c(Oc2ccc(O)c(Cc3ccc(OC)cn3)c2)c([N+](=O)[O-])c1)NC(=O)C(F)(F)F. The molecule has 0 spiro atoms. The maximum Gasteiger partial charge on any atom is 0.471 e. The van der Waals surface area contributed by atoms with Crippen LogP contribution >= 0.6 is 0 Å². The minimum atomic E-state index is -5.37. The maximum atomic E-state index is 12.7. The fourth-order valence-corrected chi connectivity index (χ4v) is 3.68. The second-order valence-corrected chi connectivity index (χ2v) is 8.49. The van der Waals surface area contributed by atoms with Gasteiger partial charge in [-0.15, -0.1) is 0 Å². The standard InChI is InChI=1S/C25H21F3N4O10/c1-40-17-4-3-15(29-12-17)10-14-11-16(5-6-21(14)33)42-22-19(31(36)37)8-13(9-20(22)32(38)39)7-18(23(34)41-2)30-24(35)25(26,27)28/h3-6,8-9,11-12,18,33H,7,10H2,1-2H3,(H,30,35)/t18-/m0/s1. The predicted octanol–water partition coefficient (Wildman–Crippen LogP) is 3.76. The summed E-state index contributed by atoms with van der Waals surface area (Å²) in [5.41, 5.74) is -1.51. The van der Waals surface area contributed by atoms with Gasteiger partial charge in [0.1, 0.15) is 23.3 Å². The van der Waals surface area contributed by atoms with Gasteiger partial charge in [-0.05, 0) is 35.9 Å². The number of nitro groups is 2. The summed E-state index contributed by atoms with van der Waals surface area (Å²) >= 11 is 0. The normalized spacial score (nSPS) is 11.7. The molecule has 42 heavy (non-hydrogen) atoms. The molecule has 0 saturated carbocycles. The van der Waals surface area contributed by atoms with Crippen molar-refractivity contribution in [2.75, 3.05) is 14.2 Å². The Hall–Kier alpha value is -5.48. The number of amides is 1. The minimum absolute atomic E-state index is 0.0781. The number of aromatic hydroxyl groups is 1. The monoisotopic (exact) mass is 594 g/mol. The Bertz CT molecular complexity index is 1480. The van der Waals surface area contributed by atoms with Gasteiger partial charge in [-0.1, -0.05) is 0 Å². The Balaban J connectivity index is 1.99. The zero-order valence-corrected chi connectivity index (χ0v) is 21.7. The molecule has 2 N–H and O–H groups in total. The largest absolute Gasteiger partial charge is 0.508 e. The summed E-state index contributed by atoms with van der Waals surface area (Å²) in [4.78, 5) is 49.3. The molecule has 0 bridgehead atoms. The number of pyridine rings is 1. The fourth-order valence-electron chi connectivity index (χ4n) is 3.68. The van der Waals surface area contributed by atoms with Crippen LogP contribution in [0.2, 0.25) is 0 Å². The van der Waals surface area contributed by atoms with E-state index >= 15 is 0 Å². The highest BCUT2D eigenvalue weighted by Crippen LogP contribution is 2.42. The lowest BCUT2D eigenvalue weighted by Crippen LogP contribution is -2.48. The molecule has 1 amide bonds. The summed E-state index contributed by atoms with van der Waals surface area (Å²) < 4.78 is 53.2. The van der Waals surface area contributed by atoms with Crippen molar-refractivity contribution in [3.63, 3.8) is 0 Å².